The molecule has 0 radical (unpaired) electrons. The summed E-state index contributed by atoms with van der Waals surface area (Å²) in [6.07, 6.45) is 5.83. The van der Waals surface area contributed by atoms with Crippen LogP contribution in [0.15, 0.2) is 59.1 Å². The van der Waals surface area contributed by atoms with E-state index < -0.39 is 16.2 Å². The molecular formula is C24H27NO6S. The first-order valence-corrected chi connectivity index (χ1v) is 12.5. The van der Waals surface area contributed by atoms with Crippen molar-refractivity contribution in [3.05, 3.63) is 60.5 Å². The molecule has 0 N–H and O–H groups in total. The highest BCUT2D eigenvalue weighted by Gasteiger charge is 2.22. The molecule has 4 rings (SSSR count). The minimum atomic E-state index is -3.46. The topological polar surface area (TPSA) is 87.9 Å². The molecule has 0 saturated heterocycles. The second-order valence-electron chi connectivity index (χ2n) is 8.14. The molecule has 1 aliphatic rings. The molecule has 170 valence electrons. The molecule has 1 aliphatic carbocycles. The highest BCUT2D eigenvalue weighted by molar-refractivity contribution is 7.86. The van der Waals surface area contributed by atoms with Crippen LogP contribution in [0.5, 0.6) is 17.2 Å². The molecule has 1 unspecified atom stereocenters. The zero-order chi connectivity index (χ0) is 22.6. The van der Waals surface area contributed by atoms with E-state index in [0.29, 0.717) is 36.2 Å². The molecule has 7 nitrogen and oxygen atoms in total. The van der Waals surface area contributed by atoms with Crippen molar-refractivity contribution in [2.75, 3.05) is 12.9 Å². The van der Waals surface area contributed by atoms with Gasteiger partial charge in [0, 0.05) is 18.1 Å². The smallest absolute Gasteiger partial charge is 0.264 e. The number of ether oxygens (including phenoxy) is 2. The van der Waals surface area contributed by atoms with Crippen LogP contribution in [-0.2, 0) is 20.7 Å². The first-order valence-electron chi connectivity index (χ1n) is 10.7. The first kappa shape index (κ1) is 22.4. The third-order valence-electron chi connectivity index (χ3n) is 5.01. The van der Waals surface area contributed by atoms with E-state index in [2.05, 4.69) is 4.98 Å². The van der Waals surface area contributed by atoms with E-state index in [1.807, 2.05) is 48.5 Å². The molecule has 1 aromatic heterocycles. The van der Waals surface area contributed by atoms with Crippen molar-refractivity contribution in [3.8, 4) is 28.7 Å². The summed E-state index contributed by atoms with van der Waals surface area (Å²) < 4.78 is 44.9. The average Bonchev–Trinajstić information content (AvgIpc) is 3.46. The van der Waals surface area contributed by atoms with Crippen molar-refractivity contribution in [3.63, 3.8) is 0 Å². The molecule has 1 heterocycles. The fourth-order valence-electron chi connectivity index (χ4n) is 3.18. The Morgan fingerprint density at radius 3 is 2.56 bits per heavy atom. The minimum Gasteiger partial charge on any atom is -0.493 e. The summed E-state index contributed by atoms with van der Waals surface area (Å²) in [5.74, 6) is 4.11. The van der Waals surface area contributed by atoms with Crippen molar-refractivity contribution >= 4 is 10.1 Å². The molecule has 32 heavy (non-hydrogen) atoms. The third kappa shape index (κ3) is 6.83. The lowest BCUT2D eigenvalue weighted by atomic mass is 10.2. The minimum absolute atomic E-state index is 0.424. The quantitative estimate of drug-likeness (QED) is 0.365. The van der Waals surface area contributed by atoms with Gasteiger partial charge >= 0.3 is 0 Å². The van der Waals surface area contributed by atoms with Crippen molar-refractivity contribution in [2.24, 2.45) is 5.92 Å². The average molecular weight is 458 g/mol. The van der Waals surface area contributed by atoms with Crippen LogP contribution in [0.2, 0.25) is 0 Å². The lowest BCUT2D eigenvalue weighted by Crippen LogP contribution is -2.14. The second kappa shape index (κ2) is 9.75. The molecule has 1 fully saturated rings. The number of oxazole rings is 1. The SMILES string of the molecule is CC(CCc1cnc(-c2ccc(Oc3cccc(OCC4CC4)c3)cc2)o1)OS(C)(=O)=O. The second-order valence-corrected chi connectivity index (χ2v) is 9.74. The Morgan fingerprint density at radius 1 is 1.09 bits per heavy atom. The van der Waals surface area contributed by atoms with E-state index in [1.54, 1.807) is 13.1 Å². The summed E-state index contributed by atoms with van der Waals surface area (Å²) in [5, 5.41) is 0. The molecule has 2 aromatic carbocycles. The molecule has 0 aliphatic heterocycles. The summed E-state index contributed by atoms with van der Waals surface area (Å²) in [6, 6.07) is 15.1. The number of benzene rings is 2. The van der Waals surface area contributed by atoms with Crippen molar-refractivity contribution < 1.29 is 26.5 Å². The van der Waals surface area contributed by atoms with Gasteiger partial charge in [-0.05, 0) is 68.5 Å². The van der Waals surface area contributed by atoms with Gasteiger partial charge in [0.25, 0.3) is 10.1 Å². The Morgan fingerprint density at radius 2 is 1.84 bits per heavy atom. The van der Waals surface area contributed by atoms with Crippen LogP contribution in [0, 0.1) is 5.92 Å². The fourth-order valence-corrected chi connectivity index (χ4v) is 3.87. The zero-order valence-electron chi connectivity index (χ0n) is 18.2. The Kier molecular flexibility index (Phi) is 6.81. The maximum atomic E-state index is 11.2. The summed E-state index contributed by atoms with van der Waals surface area (Å²) in [5.41, 5.74) is 0.825. The molecule has 1 atom stereocenters. The fraction of sp³-hybridized carbons (Fsp3) is 0.375. The number of aryl methyl sites for hydroxylation is 1. The van der Waals surface area contributed by atoms with Crippen LogP contribution in [0.3, 0.4) is 0 Å². The molecule has 1 saturated carbocycles. The van der Waals surface area contributed by atoms with Crippen LogP contribution < -0.4 is 9.47 Å². The number of rotatable bonds is 11. The first-order chi connectivity index (χ1) is 15.3. The Hall–Kier alpha value is -2.84. The van der Waals surface area contributed by atoms with Gasteiger partial charge in [0.2, 0.25) is 5.89 Å². The van der Waals surface area contributed by atoms with E-state index in [9.17, 15) is 8.42 Å². The Labute approximate surface area is 188 Å². The standard InChI is InChI=1S/C24H27NO6S/c1-17(31-32(2,26)27)6-11-23-15-25-24(30-23)19-9-12-20(13-10-19)29-22-5-3-4-21(14-22)28-16-18-7-8-18/h3-5,9-10,12-15,17-18H,6-8,11,16H2,1-2H3. The van der Waals surface area contributed by atoms with Gasteiger partial charge in [-0.3, -0.25) is 4.18 Å². The third-order valence-corrected chi connectivity index (χ3v) is 5.69. The van der Waals surface area contributed by atoms with Gasteiger partial charge in [0.15, 0.2) is 0 Å². The van der Waals surface area contributed by atoms with E-state index >= 15 is 0 Å². The summed E-state index contributed by atoms with van der Waals surface area (Å²) in [7, 11) is -3.46. The highest BCUT2D eigenvalue weighted by atomic mass is 32.2. The number of nitrogens with zero attached hydrogens (tertiary/aromatic N) is 1. The Balaban J connectivity index is 1.32. The number of aromatic nitrogens is 1. The van der Waals surface area contributed by atoms with Crippen LogP contribution in [0.1, 0.15) is 31.9 Å². The Bertz CT molecular complexity index is 1140. The van der Waals surface area contributed by atoms with Crippen LogP contribution in [0.25, 0.3) is 11.5 Å². The van der Waals surface area contributed by atoms with E-state index in [-0.39, 0.29) is 0 Å². The summed E-state index contributed by atoms with van der Waals surface area (Å²) in [6.45, 7) is 2.48. The highest BCUT2D eigenvalue weighted by Crippen LogP contribution is 2.31. The predicted octanol–water partition coefficient (Wildman–Crippen LogP) is 5.22. The van der Waals surface area contributed by atoms with Gasteiger partial charge in [-0.1, -0.05) is 6.07 Å². The van der Waals surface area contributed by atoms with Gasteiger partial charge in [0.1, 0.15) is 23.0 Å². The molecule has 3 aromatic rings. The van der Waals surface area contributed by atoms with E-state index in [4.69, 9.17) is 18.1 Å². The largest absolute Gasteiger partial charge is 0.493 e. The van der Waals surface area contributed by atoms with E-state index in [0.717, 1.165) is 29.9 Å². The van der Waals surface area contributed by atoms with E-state index in [1.165, 1.54) is 12.8 Å². The monoisotopic (exact) mass is 457 g/mol. The maximum Gasteiger partial charge on any atom is 0.264 e. The lowest BCUT2D eigenvalue weighted by molar-refractivity contribution is 0.218. The van der Waals surface area contributed by atoms with Crippen molar-refractivity contribution in [1.82, 2.24) is 4.98 Å². The van der Waals surface area contributed by atoms with Gasteiger partial charge in [0.05, 0.1) is 25.2 Å². The van der Waals surface area contributed by atoms with Gasteiger partial charge in [-0.25, -0.2) is 4.98 Å². The van der Waals surface area contributed by atoms with Gasteiger partial charge in [-0.15, -0.1) is 0 Å². The molecule has 0 amide bonds. The number of hydrogen-bond acceptors (Lipinski definition) is 7. The predicted molar refractivity (Wildman–Crippen MR) is 120 cm³/mol. The van der Waals surface area contributed by atoms with Crippen LogP contribution in [-0.4, -0.2) is 32.4 Å². The molecular weight excluding hydrogens is 430 g/mol. The summed E-state index contributed by atoms with van der Waals surface area (Å²) in [4.78, 5) is 4.32. The summed E-state index contributed by atoms with van der Waals surface area (Å²) >= 11 is 0. The zero-order valence-corrected chi connectivity index (χ0v) is 19.0. The van der Waals surface area contributed by atoms with Gasteiger partial charge in [-0.2, -0.15) is 8.42 Å². The molecule has 8 heteroatoms. The van der Waals surface area contributed by atoms with Gasteiger partial charge < -0.3 is 13.9 Å². The van der Waals surface area contributed by atoms with Crippen LogP contribution >= 0.6 is 0 Å². The van der Waals surface area contributed by atoms with Crippen molar-refractivity contribution in [1.29, 1.82) is 0 Å². The molecule has 0 spiro atoms. The van der Waals surface area contributed by atoms with Crippen LogP contribution in [0.4, 0.5) is 0 Å². The normalized spacial score (nSPS) is 14.8. The maximum absolute atomic E-state index is 11.2. The number of hydrogen-bond donors (Lipinski definition) is 0. The molecule has 0 bridgehead atoms. The lowest BCUT2D eigenvalue weighted by Gasteiger charge is -2.09. The van der Waals surface area contributed by atoms with Crippen molar-refractivity contribution in [2.45, 2.75) is 38.7 Å².